The maximum Gasteiger partial charge on any atom is 0.337 e. The Kier molecular flexibility index (Phi) is 2.44. The molecule has 1 aliphatic heterocycles. The molecule has 15 heavy (non-hydrogen) atoms. The highest BCUT2D eigenvalue weighted by Gasteiger charge is 2.27. The van der Waals surface area contributed by atoms with Crippen LogP contribution in [0.2, 0.25) is 0 Å². The highest BCUT2D eigenvalue weighted by atomic mass is 79.9. The Labute approximate surface area is 93.7 Å². The van der Waals surface area contributed by atoms with Gasteiger partial charge in [0.15, 0.2) is 11.5 Å². The predicted molar refractivity (Wildman–Crippen MR) is 53.8 cm³/mol. The van der Waals surface area contributed by atoms with Gasteiger partial charge in [0, 0.05) is 0 Å². The molecule has 0 amide bonds. The standard InChI is InChI=1S/C9H7BrO5/c1-13-5-2-4(9(11)12)6(10)8-7(5)14-3-15-8/h2H,3H2,1H3,(H,11,12). The molecule has 0 spiro atoms. The fraction of sp³-hybridized carbons (Fsp3) is 0.222. The van der Waals surface area contributed by atoms with Crippen LogP contribution in [-0.2, 0) is 0 Å². The maximum absolute atomic E-state index is 10.9. The van der Waals surface area contributed by atoms with Crippen LogP contribution >= 0.6 is 15.9 Å². The van der Waals surface area contributed by atoms with Gasteiger partial charge in [-0.2, -0.15) is 0 Å². The summed E-state index contributed by atoms with van der Waals surface area (Å²) in [6.07, 6.45) is 0. The van der Waals surface area contributed by atoms with E-state index in [1.807, 2.05) is 0 Å². The molecule has 1 heterocycles. The van der Waals surface area contributed by atoms with Gasteiger partial charge in [-0.15, -0.1) is 0 Å². The van der Waals surface area contributed by atoms with Crippen molar-refractivity contribution >= 4 is 21.9 Å². The van der Waals surface area contributed by atoms with Crippen LogP contribution in [0.4, 0.5) is 0 Å². The zero-order chi connectivity index (χ0) is 11.0. The lowest BCUT2D eigenvalue weighted by molar-refractivity contribution is 0.0695. The second kappa shape index (κ2) is 3.62. The molecule has 0 saturated heterocycles. The minimum Gasteiger partial charge on any atom is -0.493 e. The van der Waals surface area contributed by atoms with Crippen molar-refractivity contribution in [2.24, 2.45) is 0 Å². The third-order valence-electron chi connectivity index (χ3n) is 2.00. The molecule has 1 aromatic rings. The predicted octanol–water partition coefficient (Wildman–Crippen LogP) is 1.88. The summed E-state index contributed by atoms with van der Waals surface area (Å²) in [6.45, 7) is 0.0629. The van der Waals surface area contributed by atoms with Crippen LogP contribution in [0.5, 0.6) is 17.2 Å². The van der Waals surface area contributed by atoms with E-state index in [0.29, 0.717) is 21.7 Å². The number of carboxylic acids is 1. The van der Waals surface area contributed by atoms with Gasteiger partial charge in [0.2, 0.25) is 12.5 Å². The summed E-state index contributed by atoms with van der Waals surface area (Å²) in [7, 11) is 1.44. The summed E-state index contributed by atoms with van der Waals surface area (Å²) < 4.78 is 15.7. The van der Waals surface area contributed by atoms with Gasteiger partial charge in [-0.05, 0) is 22.0 Å². The molecule has 0 unspecified atom stereocenters. The first kappa shape index (κ1) is 10.1. The second-order valence-electron chi connectivity index (χ2n) is 2.81. The first-order valence-electron chi connectivity index (χ1n) is 4.04. The fourth-order valence-electron chi connectivity index (χ4n) is 1.31. The molecule has 0 radical (unpaired) electrons. The number of benzene rings is 1. The number of rotatable bonds is 2. The van der Waals surface area contributed by atoms with E-state index in [2.05, 4.69) is 15.9 Å². The number of halogens is 1. The van der Waals surface area contributed by atoms with Gasteiger partial charge in [-0.25, -0.2) is 4.79 Å². The first-order chi connectivity index (χ1) is 7.15. The monoisotopic (exact) mass is 274 g/mol. The average Bonchev–Trinajstić information content (AvgIpc) is 2.67. The zero-order valence-electron chi connectivity index (χ0n) is 7.74. The molecular weight excluding hydrogens is 268 g/mol. The van der Waals surface area contributed by atoms with Crippen LogP contribution in [0.1, 0.15) is 10.4 Å². The minimum absolute atomic E-state index is 0.0629. The van der Waals surface area contributed by atoms with Gasteiger partial charge in [-0.3, -0.25) is 0 Å². The van der Waals surface area contributed by atoms with Crippen LogP contribution < -0.4 is 14.2 Å². The van der Waals surface area contributed by atoms with E-state index in [1.165, 1.54) is 13.2 Å². The normalized spacial score (nSPS) is 12.7. The third-order valence-corrected chi connectivity index (χ3v) is 2.79. The van der Waals surface area contributed by atoms with E-state index in [9.17, 15) is 4.79 Å². The first-order valence-corrected chi connectivity index (χ1v) is 4.84. The number of hydrogen-bond acceptors (Lipinski definition) is 4. The molecule has 5 nitrogen and oxygen atoms in total. The van der Waals surface area contributed by atoms with Crippen molar-refractivity contribution in [3.8, 4) is 17.2 Å². The Hall–Kier alpha value is -1.43. The number of hydrogen-bond donors (Lipinski definition) is 1. The number of ether oxygens (including phenoxy) is 3. The molecule has 0 atom stereocenters. The Balaban J connectivity index is 2.66. The van der Waals surface area contributed by atoms with Crippen molar-refractivity contribution < 1.29 is 24.1 Å². The summed E-state index contributed by atoms with van der Waals surface area (Å²) in [5.41, 5.74) is 0.0797. The Morgan fingerprint density at radius 2 is 2.20 bits per heavy atom. The largest absolute Gasteiger partial charge is 0.493 e. The molecule has 1 aromatic carbocycles. The Bertz CT molecular complexity index is 429. The summed E-state index contributed by atoms with van der Waals surface area (Å²) in [5, 5.41) is 8.93. The van der Waals surface area contributed by atoms with E-state index in [0.717, 1.165) is 0 Å². The van der Waals surface area contributed by atoms with E-state index < -0.39 is 5.97 Å². The highest BCUT2D eigenvalue weighted by molar-refractivity contribution is 9.10. The summed E-state index contributed by atoms with van der Waals surface area (Å²) in [4.78, 5) is 10.9. The van der Waals surface area contributed by atoms with Crippen LogP contribution in [0.25, 0.3) is 0 Å². The maximum atomic E-state index is 10.9. The molecule has 0 aromatic heterocycles. The SMILES string of the molecule is COc1cc(C(=O)O)c(Br)c2c1OCO2. The van der Waals surface area contributed by atoms with Crippen molar-refractivity contribution in [3.63, 3.8) is 0 Å². The molecular formula is C9H7BrO5. The summed E-state index contributed by atoms with van der Waals surface area (Å²) in [6, 6.07) is 1.39. The van der Waals surface area contributed by atoms with Gasteiger partial charge >= 0.3 is 5.97 Å². The van der Waals surface area contributed by atoms with Crippen LogP contribution in [-0.4, -0.2) is 25.0 Å². The lowest BCUT2D eigenvalue weighted by atomic mass is 10.2. The van der Waals surface area contributed by atoms with Crippen molar-refractivity contribution in [2.75, 3.05) is 13.9 Å². The molecule has 0 fully saturated rings. The molecule has 0 bridgehead atoms. The van der Waals surface area contributed by atoms with Crippen LogP contribution in [0.15, 0.2) is 10.5 Å². The molecule has 80 valence electrons. The molecule has 1 N–H and O–H groups in total. The van der Waals surface area contributed by atoms with Gasteiger partial charge in [0.1, 0.15) is 0 Å². The van der Waals surface area contributed by atoms with Gasteiger partial charge < -0.3 is 19.3 Å². The molecule has 2 rings (SSSR count). The van der Waals surface area contributed by atoms with E-state index >= 15 is 0 Å². The molecule has 0 saturated carbocycles. The van der Waals surface area contributed by atoms with Crippen molar-refractivity contribution in [1.29, 1.82) is 0 Å². The number of methoxy groups -OCH3 is 1. The highest BCUT2D eigenvalue weighted by Crippen LogP contribution is 2.47. The van der Waals surface area contributed by atoms with E-state index in [-0.39, 0.29) is 12.4 Å². The minimum atomic E-state index is -1.06. The summed E-state index contributed by atoms with van der Waals surface area (Å²) in [5.74, 6) is 0.0858. The average molecular weight is 275 g/mol. The zero-order valence-corrected chi connectivity index (χ0v) is 9.33. The molecule has 0 aliphatic carbocycles. The van der Waals surface area contributed by atoms with E-state index in [4.69, 9.17) is 19.3 Å². The van der Waals surface area contributed by atoms with Gasteiger partial charge in [-0.1, -0.05) is 0 Å². The topological polar surface area (TPSA) is 65.0 Å². The lowest BCUT2D eigenvalue weighted by Crippen LogP contribution is -1.99. The van der Waals surface area contributed by atoms with Crippen molar-refractivity contribution in [1.82, 2.24) is 0 Å². The smallest absolute Gasteiger partial charge is 0.337 e. The molecule has 1 aliphatic rings. The number of carboxylic acid groups (broad SMARTS) is 1. The second-order valence-corrected chi connectivity index (χ2v) is 3.60. The van der Waals surface area contributed by atoms with Gasteiger partial charge in [0.05, 0.1) is 17.1 Å². The lowest BCUT2D eigenvalue weighted by Gasteiger charge is -2.08. The quantitative estimate of drug-likeness (QED) is 0.892. The van der Waals surface area contributed by atoms with Gasteiger partial charge in [0.25, 0.3) is 0 Å². The number of carbonyl (C=O) groups is 1. The van der Waals surface area contributed by atoms with Crippen LogP contribution in [0, 0.1) is 0 Å². The van der Waals surface area contributed by atoms with Crippen LogP contribution in [0.3, 0.4) is 0 Å². The van der Waals surface area contributed by atoms with E-state index in [1.54, 1.807) is 0 Å². The number of aromatic carboxylic acids is 1. The Morgan fingerprint density at radius 3 is 2.80 bits per heavy atom. The fourth-order valence-corrected chi connectivity index (χ4v) is 1.89. The molecule has 6 heteroatoms. The third kappa shape index (κ3) is 1.50. The Morgan fingerprint density at radius 1 is 1.53 bits per heavy atom. The number of fused-ring (bicyclic) bond motifs is 1. The summed E-state index contributed by atoms with van der Waals surface area (Å²) >= 11 is 3.15. The van der Waals surface area contributed by atoms with Crippen molar-refractivity contribution in [2.45, 2.75) is 0 Å². The van der Waals surface area contributed by atoms with Crippen molar-refractivity contribution in [3.05, 3.63) is 16.1 Å².